The molecule has 0 aliphatic heterocycles. The first-order chi connectivity index (χ1) is 10.2. The molecule has 21 heavy (non-hydrogen) atoms. The van der Waals surface area contributed by atoms with Gasteiger partial charge in [-0.1, -0.05) is 18.2 Å². The van der Waals surface area contributed by atoms with Crippen molar-refractivity contribution in [3.05, 3.63) is 48.0 Å². The van der Waals surface area contributed by atoms with Crippen LogP contribution in [-0.2, 0) is 0 Å². The molecule has 0 saturated carbocycles. The fourth-order valence-electron chi connectivity index (χ4n) is 2.21. The SMILES string of the molecule is CCOc1ccc(NC(C)c2ccccc2O)cc1OC. The molecule has 0 radical (unpaired) electrons. The van der Waals surface area contributed by atoms with Crippen molar-refractivity contribution < 1.29 is 14.6 Å². The average molecular weight is 287 g/mol. The first-order valence-corrected chi connectivity index (χ1v) is 7.01. The maximum Gasteiger partial charge on any atom is 0.162 e. The van der Waals surface area contributed by atoms with Crippen molar-refractivity contribution in [3.8, 4) is 17.2 Å². The Morgan fingerprint density at radius 1 is 1.14 bits per heavy atom. The summed E-state index contributed by atoms with van der Waals surface area (Å²) in [6.07, 6.45) is 0. The van der Waals surface area contributed by atoms with Crippen LogP contribution in [-0.4, -0.2) is 18.8 Å². The van der Waals surface area contributed by atoms with Crippen molar-refractivity contribution in [2.45, 2.75) is 19.9 Å². The van der Waals surface area contributed by atoms with Gasteiger partial charge in [0.05, 0.1) is 19.8 Å². The standard InChI is InChI=1S/C17H21NO3/c1-4-21-16-10-9-13(11-17(16)20-3)18-12(2)14-7-5-6-8-15(14)19/h5-12,18-19H,4H2,1-3H3. The number of anilines is 1. The topological polar surface area (TPSA) is 50.7 Å². The third-order valence-electron chi connectivity index (χ3n) is 3.25. The molecule has 4 nitrogen and oxygen atoms in total. The van der Waals surface area contributed by atoms with Gasteiger partial charge in [0.1, 0.15) is 5.75 Å². The van der Waals surface area contributed by atoms with Gasteiger partial charge in [0.15, 0.2) is 11.5 Å². The van der Waals surface area contributed by atoms with E-state index in [1.807, 2.05) is 50.2 Å². The summed E-state index contributed by atoms with van der Waals surface area (Å²) in [5.41, 5.74) is 1.76. The minimum atomic E-state index is -0.0196. The molecule has 112 valence electrons. The first-order valence-electron chi connectivity index (χ1n) is 7.01. The van der Waals surface area contributed by atoms with E-state index in [2.05, 4.69) is 5.32 Å². The number of para-hydroxylation sites is 1. The minimum Gasteiger partial charge on any atom is -0.508 e. The normalized spacial score (nSPS) is 11.8. The lowest BCUT2D eigenvalue weighted by molar-refractivity contribution is 0.311. The van der Waals surface area contributed by atoms with Gasteiger partial charge in [0, 0.05) is 17.3 Å². The van der Waals surface area contributed by atoms with Crippen molar-refractivity contribution in [2.75, 3.05) is 19.0 Å². The summed E-state index contributed by atoms with van der Waals surface area (Å²) < 4.78 is 10.8. The van der Waals surface area contributed by atoms with Gasteiger partial charge in [0.25, 0.3) is 0 Å². The smallest absolute Gasteiger partial charge is 0.162 e. The second-order valence-electron chi connectivity index (χ2n) is 4.72. The Kier molecular flexibility index (Phi) is 4.93. The number of hydrogen-bond donors (Lipinski definition) is 2. The molecule has 2 aromatic carbocycles. The molecule has 1 atom stereocenters. The number of nitrogens with one attached hydrogen (secondary N) is 1. The molecule has 0 aliphatic rings. The van der Waals surface area contributed by atoms with E-state index in [9.17, 15) is 5.11 Å². The van der Waals surface area contributed by atoms with Gasteiger partial charge in [-0.25, -0.2) is 0 Å². The van der Waals surface area contributed by atoms with Gasteiger partial charge in [-0.2, -0.15) is 0 Å². The minimum absolute atomic E-state index is 0.0196. The summed E-state index contributed by atoms with van der Waals surface area (Å²) in [6.45, 7) is 4.53. The molecule has 0 spiro atoms. The molecule has 4 heteroatoms. The monoisotopic (exact) mass is 287 g/mol. The van der Waals surface area contributed by atoms with E-state index in [4.69, 9.17) is 9.47 Å². The summed E-state index contributed by atoms with van der Waals surface area (Å²) >= 11 is 0. The molecule has 1 unspecified atom stereocenters. The van der Waals surface area contributed by atoms with Crippen LogP contribution in [0, 0.1) is 0 Å². The highest BCUT2D eigenvalue weighted by Gasteiger charge is 2.11. The quantitative estimate of drug-likeness (QED) is 0.844. The highest BCUT2D eigenvalue weighted by atomic mass is 16.5. The van der Waals surface area contributed by atoms with Gasteiger partial charge < -0.3 is 19.9 Å². The van der Waals surface area contributed by atoms with E-state index >= 15 is 0 Å². The number of benzene rings is 2. The molecule has 2 aromatic rings. The molecule has 0 saturated heterocycles. The van der Waals surface area contributed by atoms with Crippen LogP contribution in [0.2, 0.25) is 0 Å². The maximum atomic E-state index is 9.89. The largest absolute Gasteiger partial charge is 0.508 e. The predicted molar refractivity (Wildman–Crippen MR) is 84.3 cm³/mol. The number of rotatable bonds is 6. The van der Waals surface area contributed by atoms with Crippen molar-refractivity contribution in [1.29, 1.82) is 0 Å². The molecule has 0 fully saturated rings. The van der Waals surface area contributed by atoms with E-state index in [0.29, 0.717) is 12.4 Å². The number of aromatic hydroxyl groups is 1. The molecule has 0 heterocycles. The Morgan fingerprint density at radius 2 is 1.90 bits per heavy atom. The molecule has 0 aromatic heterocycles. The molecular weight excluding hydrogens is 266 g/mol. The summed E-state index contributed by atoms with van der Waals surface area (Å²) in [4.78, 5) is 0. The van der Waals surface area contributed by atoms with Gasteiger partial charge >= 0.3 is 0 Å². The van der Waals surface area contributed by atoms with Crippen molar-refractivity contribution >= 4 is 5.69 Å². The fraction of sp³-hybridized carbons (Fsp3) is 0.294. The van der Waals surface area contributed by atoms with E-state index in [-0.39, 0.29) is 11.8 Å². The van der Waals surface area contributed by atoms with Crippen LogP contribution in [0.25, 0.3) is 0 Å². The number of hydrogen-bond acceptors (Lipinski definition) is 4. The Labute approximate surface area is 125 Å². The second kappa shape index (κ2) is 6.88. The number of phenolic OH excluding ortho intramolecular Hbond substituents is 1. The lowest BCUT2D eigenvalue weighted by Gasteiger charge is -2.18. The Balaban J connectivity index is 2.18. The second-order valence-corrected chi connectivity index (χ2v) is 4.72. The van der Waals surface area contributed by atoms with Crippen molar-refractivity contribution in [2.24, 2.45) is 0 Å². The molecule has 0 bridgehead atoms. The van der Waals surface area contributed by atoms with Crippen molar-refractivity contribution in [1.82, 2.24) is 0 Å². The van der Waals surface area contributed by atoms with Gasteiger partial charge in [-0.05, 0) is 32.0 Å². The number of methoxy groups -OCH3 is 1. The third kappa shape index (κ3) is 3.60. The zero-order valence-electron chi connectivity index (χ0n) is 12.6. The van der Waals surface area contributed by atoms with E-state index in [0.717, 1.165) is 17.0 Å². The number of ether oxygens (including phenoxy) is 2. The van der Waals surface area contributed by atoms with Crippen LogP contribution < -0.4 is 14.8 Å². The van der Waals surface area contributed by atoms with Crippen LogP contribution in [0.5, 0.6) is 17.2 Å². The van der Waals surface area contributed by atoms with Gasteiger partial charge in [-0.3, -0.25) is 0 Å². The highest BCUT2D eigenvalue weighted by molar-refractivity contribution is 5.56. The van der Waals surface area contributed by atoms with E-state index in [1.165, 1.54) is 0 Å². The average Bonchev–Trinajstić information content (AvgIpc) is 2.49. The molecule has 0 aliphatic carbocycles. The summed E-state index contributed by atoms with van der Waals surface area (Å²) in [6, 6.07) is 13.0. The van der Waals surface area contributed by atoms with Crippen LogP contribution >= 0.6 is 0 Å². The van der Waals surface area contributed by atoms with E-state index in [1.54, 1.807) is 13.2 Å². The van der Waals surface area contributed by atoms with Crippen LogP contribution in [0.1, 0.15) is 25.5 Å². The van der Waals surface area contributed by atoms with Gasteiger partial charge in [0.2, 0.25) is 0 Å². The number of phenols is 1. The summed E-state index contributed by atoms with van der Waals surface area (Å²) in [5, 5.41) is 13.2. The predicted octanol–water partition coefficient (Wildman–Crippen LogP) is 3.97. The third-order valence-corrected chi connectivity index (χ3v) is 3.25. The molecule has 0 amide bonds. The molecule has 2 N–H and O–H groups in total. The van der Waals surface area contributed by atoms with Crippen LogP contribution in [0.3, 0.4) is 0 Å². The first kappa shape index (κ1) is 15.0. The Bertz CT molecular complexity index is 598. The summed E-state index contributed by atoms with van der Waals surface area (Å²) in [5.74, 6) is 1.70. The van der Waals surface area contributed by atoms with Gasteiger partial charge in [-0.15, -0.1) is 0 Å². The molecular formula is C17H21NO3. The van der Waals surface area contributed by atoms with Crippen LogP contribution in [0.4, 0.5) is 5.69 Å². The Hall–Kier alpha value is -2.36. The highest BCUT2D eigenvalue weighted by Crippen LogP contribution is 2.32. The Morgan fingerprint density at radius 3 is 2.57 bits per heavy atom. The lowest BCUT2D eigenvalue weighted by atomic mass is 10.1. The van der Waals surface area contributed by atoms with E-state index < -0.39 is 0 Å². The van der Waals surface area contributed by atoms with Crippen LogP contribution in [0.15, 0.2) is 42.5 Å². The van der Waals surface area contributed by atoms with Crippen molar-refractivity contribution in [3.63, 3.8) is 0 Å². The zero-order valence-corrected chi connectivity index (χ0v) is 12.6. The molecule has 2 rings (SSSR count). The zero-order chi connectivity index (χ0) is 15.2. The fourth-order valence-corrected chi connectivity index (χ4v) is 2.21. The lowest BCUT2D eigenvalue weighted by Crippen LogP contribution is -2.07. The maximum absolute atomic E-state index is 9.89. The summed E-state index contributed by atoms with van der Waals surface area (Å²) in [7, 11) is 1.62.